The lowest BCUT2D eigenvalue weighted by atomic mass is 9.99. The molecule has 4 rings (SSSR count). The van der Waals surface area contributed by atoms with Crippen molar-refractivity contribution in [2.75, 3.05) is 0 Å². The Bertz CT molecular complexity index is 1090. The quantitative estimate of drug-likeness (QED) is 0.604. The highest BCUT2D eigenvalue weighted by Crippen LogP contribution is 2.22. The number of halogens is 1. The second-order valence-corrected chi connectivity index (χ2v) is 6.30. The molecule has 27 heavy (non-hydrogen) atoms. The Kier molecular flexibility index (Phi) is 4.38. The van der Waals surface area contributed by atoms with E-state index >= 15 is 0 Å². The number of imidazole rings is 1. The van der Waals surface area contributed by atoms with E-state index in [1.54, 1.807) is 42.9 Å². The molecule has 5 nitrogen and oxygen atoms in total. The van der Waals surface area contributed by atoms with Crippen LogP contribution in [0.5, 0.6) is 0 Å². The van der Waals surface area contributed by atoms with Crippen LogP contribution in [-0.4, -0.2) is 20.3 Å². The maximum absolute atomic E-state index is 13.3. The molecular weight excluding hydrogens is 343 g/mol. The summed E-state index contributed by atoms with van der Waals surface area (Å²) in [5.41, 5.74) is 3.84. The number of nitrogens with zero attached hydrogens (tertiary/aromatic N) is 3. The second kappa shape index (κ2) is 6.99. The fourth-order valence-electron chi connectivity index (χ4n) is 3.04. The zero-order chi connectivity index (χ0) is 18.8. The van der Waals surface area contributed by atoms with Crippen molar-refractivity contribution in [2.45, 2.75) is 13.0 Å². The molecule has 0 saturated carbocycles. The number of amides is 1. The van der Waals surface area contributed by atoms with Gasteiger partial charge >= 0.3 is 0 Å². The van der Waals surface area contributed by atoms with Gasteiger partial charge in [0.25, 0.3) is 5.91 Å². The Hall–Kier alpha value is -3.54. The van der Waals surface area contributed by atoms with Gasteiger partial charge in [0.15, 0.2) is 0 Å². The standard InChI is InChI=1S/C21H17FN4O/c1-14-12-26-13-17(4-7-19(26)24-14)21(27)25-20(16-8-10-23-11-9-16)15-2-5-18(22)6-3-15/h2-13,20H,1H3,(H,25,27). The van der Waals surface area contributed by atoms with E-state index in [1.807, 2.05) is 29.7 Å². The molecule has 1 aromatic carbocycles. The second-order valence-electron chi connectivity index (χ2n) is 6.30. The highest BCUT2D eigenvalue weighted by molar-refractivity contribution is 5.94. The monoisotopic (exact) mass is 360 g/mol. The van der Waals surface area contributed by atoms with E-state index in [4.69, 9.17) is 0 Å². The molecule has 0 bridgehead atoms. The van der Waals surface area contributed by atoms with Crippen molar-refractivity contribution in [2.24, 2.45) is 0 Å². The van der Waals surface area contributed by atoms with Gasteiger partial charge in [0.1, 0.15) is 11.5 Å². The van der Waals surface area contributed by atoms with Crippen molar-refractivity contribution in [3.63, 3.8) is 0 Å². The molecule has 0 aliphatic carbocycles. The van der Waals surface area contributed by atoms with Crippen LogP contribution in [0.3, 0.4) is 0 Å². The molecule has 0 aliphatic heterocycles. The molecule has 0 spiro atoms. The van der Waals surface area contributed by atoms with Gasteiger partial charge in [0.05, 0.1) is 17.3 Å². The number of nitrogens with one attached hydrogen (secondary N) is 1. The minimum absolute atomic E-state index is 0.227. The minimum Gasteiger partial charge on any atom is -0.341 e. The first kappa shape index (κ1) is 16.9. The molecule has 1 unspecified atom stereocenters. The molecule has 0 fully saturated rings. The number of fused-ring (bicyclic) bond motifs is 1. The van der Waals surface area contributed by atoms with Gasteiger partial charge in [0.2, 0.25) is 0 Å². The first-order valence-electron chi connectivity index (χ1n) is 8.52. The van der Waals surface area contributed by atoms with E-state index in [0.717, 1.165) is 22.5 Å². The summed E-state index contributed by atoms with van der Waals surface area (Å²) in [6.07, 6.45) is 6.95. The molecule has 4 aromatic rings. The van der Waals surface area contributed by atoms with E-state index in [9.17, 15) is 9.18 Å². The highest BCUT2D eigenvalue weighted by atomic mass is 19.1. The van der Waals surface area contributed by atoms with Gasteiger partial charge in [-0.3, -0.25) is 9.78 Å². The number of hydrogen-bond acceptors (Lipinski definition) is 3. The predicted molar refractivity (Wildman–Crippen MR) is 99.9 cm³/mol. The van der Waals surface area contributed by atoms with Gasteiger partial charge in [-0.1, -0.05) is 12.1 Å². The van der Waals surface area contributed by atoms with Crippen LogP contribution in [0.4, 0.5) is 4.39 Å². The van der Waals surface area contributed by atoms with Crippen LogP contribution < -0.4 is 5.32 Å². The third-order valence-corrected chi connectivity index (χ3v) is 4.35. The summed E-state index contributed by atoms with van der Waals surface area (Å²) in [5, 5.41) is 3.03. The molecule has 1 atom stereocenters. The maximum atomic E-state index is 13.3. The summed E-state index contributed by atoms with van der Waals surface area (Å²) in [5.74, 6) is -0.547. The largest absolute Gasteiger partial charge is 0.341 e. The summed E-state index contributed by atoms with van der Waals surface area (Å²) in [6, 6.07) is 12.9. The Morgan fingerprint density at radius 2 is 1.70 bits per heavy atom. The summed E-state index contributed by atoms with van der Waals surface area (Å²) in [6.45, 7) is 1.90. The molecule has 1 amide bonds. The van der Waals surface area contributed by atoms with E-state index in [-0.39, 0.29) is 11.7 Å². The van der Waals surface area contributed by atoms with Gasteiger partial charge < -0.3 is 9.72 Å². The van der Waals surface area contributed by atoms with Gasteiger partial charge in [-0.05, 0) is 54.4 Å². The Morgan fingerprint density at radius 1 is 1.00 bits per heavy atom. The molecular formula is C21H17FN4O. The first-order chi connectivity index (χ1) is 13.1. The topological polar surface area (TPSA) is 59.3 Å². The summed E-state index contributed by atoms with van der Waals surface area (Å²) in [7, 11) is 0. The van der Waals surface area contributed by atoms with Gasteiger partial charge in [0, 0.05) is 24.8 Å². The van der Waals surface area contributed by atoms with Crippen molar-refractivity contribution in [3.05, 3.63) is 102 Å². The summed E-state index contributed by atoms with van der Waals surface area (Å²) >= 11 is 0. The van der Waals surface area contributed by atoms with Crippen LogP contribution in [0, 0.1) is 12.7 Å². The zero-order valence-electron chi connectivity index (χ0n) is 14.6. The highest BCUT2D eigenvalue weighted by Gasteiger charge is 2.18. The minimum atomic E-state index is -0.415. The van der Waals surface area contributed by atoms with Crippen molar-refractivity contribution >= 4 is 11.6 Å². The molecule has 0 saturated heterocycles. The summed E-state index contributed by atoms with van der Waals surface area (Å²) < 4.78 is 15.1. The third kappa shape index (κ3) is 3.55. The SMILES string of the molecule is Cc1cn2cc(C(=O)NC(c3ccncc3)c3ccc(F)cc3)ccc2n1. The number of rotatable bonds is 4. The fourth-order valence-corrected chi connectivity index (χ4v) is 3.04. The van der Waals surface area contributed by atoms with Crippen LogP contribution in [0.25, 0.3) is 5.65 Å². The number of pyridine rings is 2. The summed E-state index contributed by atoms with van der Waals surface area (Å²) in [4.78, 5) is 21.3. The van der Waals surface area contributed by atoms with Crippen molar-refractivity contribution < 1.29 is 9.18 Å². The molecule has 0 radical (unpaired) electrons. The van der Waals surface area contributed by atoms with Gasteiger partial charge in [-0.2, -0.15) is 0 Å². The first-order valence-corrected chi connectivity index (χ1v) is 8.52. The van der Waals surface area contributed by atoms with Gasteiger partial charge in [-0.15, -0.1) is 0 Å². The Balaban J connectivity index is 1.67. The van der Waals surface area contributed by atoms with Crippen LogP contribution in [-0.2, 0) is 0 Å². The average Bonchev–Trinajstić information content (AvgIpc) is 3.06. The van der Waals surface area contributed by atoms with E-state index in [1.165, 1.54) is 12.1 Å². The lowest BCUT2D eigenvalue weighted by Crippen LogP contribution is -2.29. The number of aryl methyl sites for hydroxylation is 1. The third-order valence-electron chi connectivity index (χ3n) is 4.35. The van der Waals surface area contributed by atoms with Crippen LogP contribution in [0.15, 0.2) is 73.3 Å². The molecule has 6 heteroatoms. The number of hydrogen-bond donors (Lipinski definition) is 1. The van der Waals surface area contributed by atoms with Crippen molar-refractivity contribution in [1.82, 2.24) is 19.7 Å². The van der Waals surface area contributed by atoms with Crippen molar-refractivity contribution in [1.29, 1.82) is 0 Å². The average molecular weight is 360 g/mol. The number of carbonyl (C=O) groups excluding carboxylic acids is 1. The molecule has 3 aromatic heterocycles. The number of benzene rings is 1. The lowest BCUT2D eigenvalue weighted by molar-refractivity contribution is 0.0942. The lowest BCUT2D eigenvalue weighted by Gasteiger charge is -2.20. The molecule has 0 aliphatic rings. The number of carbonyl (C=O) groups is 1. The predicted octanol–water partition coefficient (Wildman–Crippen LogP) is 3.70. The van der Waals surface area contributed by atoms with Crippen LogP contribution >= 0.6 is 0 Å². The maximum Gasteiger partial charge on any atom is 0.253 e. The normalized spacial score (nSPS) is 12.1. The van der Waals surface area contributed by atoms with Gasteiger partial charge in [-0.25, -0.2) is 9.37 Å². The zero-order valence-corrected chi connectivity index (χ0v) is 14.6. The Morgan fingerprint density at radius 3 is 2.44 bits per heavy atom. The Labute approximate surface area is 155 Å². The van der Waals surface area contributed by atoms with Crippen molar-refractivity contribution in [3.8, 4) is 0 Å². The van der Waals surface area contributed by atoms with Crippen LogP contribution in [0.1, 0.15) is 33.2 Å². The van der Waals surface area contributed by atoms with E-state index in [2.05, 4.69) is 15.3 Å². The van der Waals surface area contributed by atoms with E-state index in [0.29, 0.717) is 5.56 Å². The molecule has 134 valence electrons. The fraction of sp³-hybridized carbons (Fsp3) is 0.0952. The van der Waals surface area contributed by atoms with E-state index < -0.39 is 6.04 Å². The molecule has 1 N–H and O–H groups in total. The molecule has 3 heterocycles. The van der Waals surface area contributed by atoms with Crippen LogP contribution in [0.2, 0.25) is 0 Å². The smallest absolute Gasteiger partial charge is 0.253 e. The number of aromatic nitrogens is 3.